The van der Waals surface area contributed by atoms with Crippen LogP contribution in [0, 0.1) is 0 Å². The third kappa shape index (κ3) is 4.78. The summed E-state index contributed by atoms with van der Waals surface area (Å²) in [5.74, 6) is 0. The van der Waals surface area contributed by atoms with Crippen molar-refractivity contribution < 1.29 is 4.42 Å². The van der Waals surface area contributed by atoms with Crippen molar-refractivity contribution in [1.82, 2.24) is 0 Å². The monoisotopic (exact) mass is 693 g/mol. The minimum Gasteiger partial charge on any atom is -0.456 e. The van der Waals surface area contributed by atoms with Gasteiger partial charge in [-0.05, 0) is 86.3 Å². The molecule has 0 amide bonds. The van der Waals surface area contributed by atoms with Gasteiger partial charge < -0.3 is 9.32 Å². The molecule has 2 nitrogen and oxygen atoms in total. The largest absolute Gasteiger partial charge is 0.456 e. The molecule has 11 aromatic rings. The van der Waals surface area contributed by atoms with E-state index in [1.165, 1.54) is 64.0 Å². The summed E-state index contributed by atoms with van der Waals surface area (Å²) in [6.07, 6.45) is 0. The van der Waals surface area contributed by atoms with E-state index in [4.69, 9.17) is 4.42 Å². The van der Waals surface area contributed by atoms with Crippen LogP contribution in [0.2, 0.25) is 0 Å². The summed E-state index contributed by atoms with van der Waals surface area (Å²) < 4.78 is 8.99. The first-order valence-corrected chi connectivity index (χ1v) is 18.8. The lowest BCUT2D eigenvalue weighted by Crippen LogP contribution is -2.10. The molecule has 0 aliphatic heterocycles. The number of para-hydroxylation sites is 1. The van der Waals surface area contributed by atoms with Crippen molar-refractivity contribution >= 4 is 92.1 Å². The average Bonchev–Trinajstić information content (AvgIpc) is 3.80. The molecule has 0 bridgehead atoms. The van der Waals surface area contributed by atoms with Gasteiger partial charge in [0.2, 0.25) is 0 Å². The highest BCUT2D eigenvalue weighted by molar-refractivity contribution is 7.27. The van der Waals surface area contributed by atoms with Crippen LogP contribution in [0.3, 0.4) is 0 Å². The van der Waals surface area contributed by atoms with E-state index < -0.39 is 0 Å². The van der Waals surface area contributed by atoms with E-state index in [2.05, 4.69) is 181 Å². The minimum absolute atomic E-state index is 0.878. The third-order valence-corrected chi connectivity index (χ3v) is 11.9. The first kappa shape index (κ1) is 30.0. The minimum atomic E-state index is 0.878. The summed E-state index contributed by atoms with van der Waals surface area (Å²) in [5.41, 5.74) is 9.98. The summed E-state index contributed by atoms with van der Waals surface area (Å²) in [4.78, 5) is 2.40. The highest BCUT2D eigenvalue weighted by Crippen LogP contribution is 2.48. The van der Waals surface area contributed by atoms with Crippen LogP contribution in [0.1, 0.15) is 0 Å². The van der Waals surface area contributed by atoms with Gasteiger partial charge in [0.25, 0.3) is 0 Å². The average molecular weight is 694 g/mol. The Bertz CT molecular complexity index is 3170. The maximum absolute atomic E-state index is 6.44. The van der Waals surface area contributed by atoms with E-state index >= 15 is 0 Å². The molecule has 248 valence electrons. The van der Waals surface area contributed by atoms with Gasteiger partial charge >= 0.3 is 0 Å². The molecule has 0 spiro atoms. The topological polar surface area (TPSA) is 16.4 Å². The molecular formula is C50H31NOS. The fourth-order valence-electron chi connectivity index (χ4n) is 8.19. The zero-order valence-corrected chi connectivity index (χ0v) is 29.5. The van der Waals surface area contributed by atoms with Gasteiger partial charge in [0, 0.05) is 43.7 Å². The molecule has 3 heteroatoms. The molecular weight excluding hydrogens is 663 g/mol. The van der Waals surface area contributed by atoms with E-state index in [0.717, 1.165) is 39.0 Å². The van der Waals surface area contributed by atoms with E-state index in [-0.39, 0.29) is 0 Å². The number of fused-ring (bicyclic) bond motifs is 9. The standard InChI is InChI=1S/C50H31NOS/c1-2-12-32(13-3-1)38-19-10-20-43-44-21-11-22-46(50(44)53-49(38)43)51(36-28-29-42-41-18-8-9-23-47(41)52-48(42)31-36)35-26-24-33(25-27-35)45-30-34-14-4-5-15-37(34)39-16-6-7-17-40(39)45/h1-31H. The maximum atomic E-state index is 6.44. The van der Waals surface area contributed by atoms with Crippen LogP contribution in [0.25, 0.3) is 85.9 Å². The maximum Gasteiger partial charge on any atom is 0.137 e. The number of furan rings is 1. The van der Waals surface area contributed by atoms with Gasteiger partial charge in [0.1, 0.15) is 11.2 Å². The molecule has 0 aliphatic carbocycles. The van der Waals surface area contributed by atoms with Gasteiger partial charge in [-0.2, -0.15) is 0 Å². The van der Waals surface area contributed by atoms with Gasteiger partial charge in [-0.1, -0.05) is 140 Å². The van der Waals surface area contributed by atoms with Crippen molar-refractivity contribution in [2.45, 2.75) is 0 Å². The predicted molar refractivity (Wildman–Crippen MR) is 227 cm³/mol. The second kappa shape index (κ2) is 11.9. The number of benzene rings is 9. The summed E-state index contributed by atoms with van der Waals surface area (Å²) in [6, 6.07) is 67.9. The van der Waals surface area contributed by atoms with Crippen LogP contribution >= 0.6 is 11.3 Å². The molecule has 2 heterocycles. The Morgan fingerprint density at radius 2 is 0.981 bits per heavy atom. The van der Waals surface area contributed by atoms with Crippen LogP contribution < -0.4 is 4.90 Å². The lowest BCUT2D eigenvalue weighted by Gasteiger charge is -2.26. The Hall–Kier alpha value is -6.68. The molecule has 0 fully saturated rings. The highest BCUT2D eigenvalue weighted by Gasteiger charge is 2.21. The van der Waals surface area contributed by atoms with Crippen LogP contribution in [-0.2, 0) is 0 Å². The zero-order chi connectivity index (χ0) is 34.9. The number of anilines is 3. The van der Waals surface area contributed by atoms with E-state index in [1.807, 2.05) is 23.5 Å². The Balaban J connectivity index is 1.12. The second-order valence-corrected chi connectivity index (χ2v) is 14.7. The van der Waals surface area contributed by atoms with Crippen molar-refractivity contribution in [2.24, 2.45) is 0 Å². The molecule has 0 saturated carbocycles. The lowest BCUT2D eigenvalue weighted by atomic mass is 9.93. The van der Waals surface area contributed by atoms with Crippen LogP contribution in [0.5, 0.6) is 0 Å². The molecule has 2 aromatic heterocycles. The van der Waals surface area contributed by atoms with E-state index in [9.17, 15) is 0 Å². The quantitative estimate of drug-likeness (QED) is 0.167. The Labute approximate surface area is 310 Å². The number of rotatable bonds is 5. The Morgan fingerprint density at radius 3 is 1.83 bits per heavy atom. The van der Waals surface area contributed by atoms with E-state index in [0.29, 0.717) is 0 Å². The van der Waals surface area contributed by atoms with Gasteiger partial charge in [0.15, 0.2) is 0 Å². The number of thiophene rings is 1. The van der Waals surface area contributed by atoms with Gasteiger partial charge in [0.05, 0.1) is 10.4 Å². The molecule has 0 radical (unpaired) electrons. The van der Waals surface area contributed by atoms with Crippen LogP contribution in [-0.4, -0.2) is 0 Å². The first-order valence-electron chi connectivity index (χ1n) is 18.0. The fourth-order valence-corrected chi connectivity index (χ4v) is 9.53. The van der Waals surface area contributed by atoms with Gasteiger partial charge in [-0.3, -0.25) is 0 Å². The number of nitrogens with zero attached hydrogens (tertiary/aromatic N) is 1. The van der Waals surface area contributed by atoms with E-state index in [1.54, 1.807) is 0 Å². The smallest absolute Gasteiger partial charge is 0.137 e. The molecule has 9 aromatic carbocycles. The van der Waals surface area contributed by atoms with Gasteiger partial charge in [-0.25, -0.2) is 0 Å². The fraction of sp³-hybridized carbons (Fsp3) is 0. The zero-order valence-electron chi connectivity index (χ0n) is 28.7. The first-order chi connectivity index (χ1) is 26.3. The van der Waals surface area contributed by atoms with Crippen molar-refractivity contribution in [3.63, 3.8) is 0 Å². The molecule has 53 heavy (non-hydrogen) atoms. The Kier molecular flexibility index (Phi) is 6.76. The molecule has 0 atom stereocenters. The molecule has 0 N–H and O–H groups in total. The molecule has 0 saturated heterocycles. The van der Waals surface area contributed by atoms with Crippen molar-refractivity contribution in [2.75, 3.05) is 4.90 Å². The predicted octanol–water partition coefficient (Wildman–Crippen LogP) is 15.1. The van der Waals surface area contributed by atoms with Crippen molar-refractivity contribution in [1.29, 1.82) is 0 Å². The number of hydrogen-bond acceptors (Lipinski definition) is 3. The summed E-state index contributed by atoms with van der Waals surface area (Å²) in [7, 11) is 0. The third-order valence-electron chi connectivity index (χ3n) is 10.7. The van der Waals surface area contributed by atoms with Crippen molar-refractivity contribution in [3.05, 3.63) is 188 Å². The normalized spacial score (nSPS) is 11.8. The second-order valence-electron chi connectivity index (χ2n) is 13.7. The summed E-state index contributed by atoms with van der Waals surface area (Å²) in [5, 5.41) is 9.85. The summed E-state index contributed by atoms with van der Waals surface area (Å²) in [6.45, 7) is 0. The SMILES string of the molecule is c1ccc(-c2cccc3c2sc2c(N(c4ccc(-c5cc6ccccc6c6ccccc56)cc4)c4ccc5c(c4)oc4ccccc45)cccc23)cc1. The van der Waals surface area contributed by atoms with Crippen LogP contribution in [0.15, 0.2) is 192 Å². The van der Waals surface area contributed by atoms with Crippen molar-refractivity contribution in [3.8, 4) is 22.3 Å². The van der Waals surface area contributed by atoms with Crippen LogP contribution in [0.4, 0.5) is 17.1 Å². The van der Waals surface area contributed by atoms with Gasteiger partial charge in [-0.15, -0.1) is 11.3 Å². The number of hydrogen-bond donors (Lipinski definition) is 0. The molecule has 0 aliphatic rings. The lowest BCUT2D eigenvalue weighted by molar-refractivity contribution is 0.669. The summed E-state index contributed by atoms with van der Waals surface area (Å²) >= 11 is 1.87. The Morgan fingerprint density at radius 1 is 0.358 bits per heavy atom. The highest BCUT2D eigenvalue weighted by atomic mass is 32.1. The molecule has 0 unspecified atom stereocenters. The molecule has 11 rings (SSSR count).